The van der Waals surface area contributed by atoms with Gasteiger partial charge in [-0.2, -0.15) is 0 Å². The van der Waals surface area contributed by atoms with Crippen LogP contribution >= 0.6 is 0 Å². The molecule has 0 heterocycles. The highest BCUT2D eigenvalue weighted by atomic mass is 16.6. The molecule has 0 unspecified atom stereocenters. The maximum atomic E-state index is 11.8. The number of non-ortho nitro benzene ring substituents is 1. The van der Waals surface area contributed by atoms with Crippen LogP contribution < -0.4 is 10.1 Å². The fourth-order valence-corrected chi connectivity index (χ4v) is 1.83. The topological polar surface area (TPSA) is 81.5 Å². The van der Waals surface area contributed by atoms with Crippen LogP contribution in [0.1, 0.15) is 11.1 Å². The van der Waals surface area contributed by atoms with E-state index in [1.165, 1.54) is 24.3 Å². The van der Waals surface area contributed by atoms with Crippen LogP contribution in [-0.2, 0) is 4.79 Å². The zero-order chi connectivity index (χ0) is 16.1. The first kappa shape index (κ1) is 15.5. The van der Waals surface area contributed by atoms with Crippen LogP contribution in [0.2, 0.25) is 0 Å². The van der Waals surface area contributed by atoms with Gasteiger partial charge in [0.2, 0.25) is 0 Å². The summed E-state index contributed by atoms with van der Waals surface area (Å²) in [6.45, 7) is 3.81. The van der Waals surface area contributed by atoms with Crippen LogP contribution in [0.5, 0.6) is 5.75 Å². The maximum absolute atomic E-state index is 11.8. The van der Waals surface area contributed by atoms with Crippen molar-refractivity contribution >= 4 is 17.3 Å². The van der Waals surface area contributed by atoms with Crippen molar-refractivity contribution in [1.29, 1.82) is 0 Å². The summed E-state index contributed by atoms with van der Waals surface area (Å²) in [4.78, 5) is 21.9. The molecule has 0 bridgehead atoms. The molecule has 6 nitrogen and oxygen atoms in total. The van der Waals surface area contributed by atoms with E-state index < -0.39 is 4.92 Å². The minimum atomic E-state index is -0.490. The number of nitrogens with zero attached hydrogens (tertiary/aromatic N) is 1. The summed E-state index contributed by atoms with van der Waals surface area (Å²) >= 11 is 0. The monoisotopic (exact) mass is 300 g/mol. The Morgan fingerprint density at radius 3 is 2.41 bits per heavy atom. The number of rotatable bonds is 5. The Hall–Kier alpha value is -2.89. The van der Waals surface area contributed by atoms with Gasteiger partial charge in [-0.3, -0.25) is 14.9 Å². The van der Waals surface area contributed by atoms with Crippen LogP contribution in [0.3, 0.4) is 0 Å². The third-order valence-electron chi connectivity index (χ3n) is 3.21. The number of aryl methyl sites for hydroxylation is 2. The van der Waals surface area contributed by atoms with E-state index in [-0.39, 0.29) is 18.2 Å². The zero-order valence-corrected chi connectivity index (χ0v) is 12.3. The summed E-state index contributed by atoms with van der Waals surface area (Å²) in [5.74, 6) is 0.113. The van der Waals surface area contributed by atoms with Gasteiger partial charge in [0, 0.05) is 17.8 Å². The van der Waals surface area contributed by atoms with Gasteiger partial charge in [0.25, 0.3) is 11.6 Å². The van der Waals surface area contributed by atoms with Gasteiger partial charge in [-0.25, -0.2) is 0 Å². The quantitative estimate of drug-likeness (QED) is 0.679. The number of hydrogen-bond acceptors (Lipinski definition) is 4. The highest BCUT2D eigenvalue weighted by molar-refractivity contribution is 5.92. The molecule has 6 heteroatoms. The molecule has 0 atom stereocenters. The molecular weight excluding hydrogens is 284 g/mol. The van der Waals surface area contributed by atoms with E-state index in [1.807, 2.05) is 32.0 Å². The van der Waals surface area contributed by atoms with Gasteiger partial charge in [-0.15, -0.1) is 0 Å². The van der Waals surface area contributed by atoms with Crippen LogP contribution in [-0.4, -0.2) is 17.4 Å². The number of carbonyl (C=O) groups excluding carboxylic acids is 1. The number of nitrogens with one attached hydrogen (secondary N) is 1. The first-order chi connectivity index (χ1) is 10.5. The molecule has 22 heavy (non-hydrogen) atoms. The van der Waals surface area contributed by atoms with Crippen molar-refractivity contribution in [2.45, 2.75) is 13.8 Å². The lowest BCUT2D eigenvalue weighted by Crippen LogP contribution is -2.20. The molecule has 0 aliphatic heterocycles. The Bertz CT molecular complexity index is 696. The smallest absolute Gasteiger partial charge is 0.269 e. The SMILES string of the molecule is Cc1ccc(NC(=O)COc2ccc([N+](=O)[O-])cc2)cc1C. The van der Waals surface area contributed by atoms with Crippen molar-refractivity contribution in [2.75, 3.05) is 11.9 Å². The number of nitro groups is 1. The molecule has 2 aromatic carbocycles. The van der Waals surface area contributed by atoms with E-state index in [0.717, 1.165) is 11.1 Å². The van der Waals surface area contributed by atoms with Crippen molar-refractivity contribution in [2.24, 2.45) is 0 Å². The third kappa shape index (κ3) is 4.05. The van der Waals surface area contributed by atoms with Gasteiger partial charge in [0.15, 0.2) is 6.61 Å². The number of hydrogen-bond donors (Lipinski definition) is 1. The Balaban J connectivity index is 1.89. The second-order valence-corrected chi connectivity index (χ2v) is 4.89. The van der Waals surface area contributed by atoms with Crippen molar-refractivity contribution in [3.63, 3.8) is 0 Å². The lowest BCUT2D eigenvalue weighted by atomic mass is 10.1. The van der Waals surface area contributed by atoms with Gasteiger partial charge in [0.1, 0.15) is 5.75 Å². The Kier molecular flexibility index (Phi) is 4.73. The number of benzene rings is 2. The summed E-state index contributed by atoms with van der Waals surface area (Å²) < 4.78 is 5.29. The Morgan fingerprint density at radius 1 is 1.14 bits per heavy atom. The molecule has 0 saturated heterocycles. The van der Waals surface area contributed by atoms with Crippen LogP contribution in [0.15, 0.2) is 42.5 Å². The summed E-state index contributed by atoms with van der Waals surface area (Å²) in [6.07, 6.45) is 0. The molecule has 1 amide bonds. The van der Waals surface area contributed by atoms with Gasteiger partial charge < -0.3 is 10.1 Å². The molecule has 0 aliphatic carbocycles. The molecule has 1 N–H and O–H groups in total. The van der Waals surface area contributed by atoms with Crippen molar-refractivity contribution in [3.8, 4) is 5.75 Å². The first-order valence-corrected chi connectivity index (χ1v) is 6.70. The molecule has 114 valence electrons. The fraction of sp³-hybridized carbons (Fsp3) is 0.188. The van der Waals surface area contributed by atoms with Crippen LogP contribution in [0.4, 0.5) is 11.4 Å². The van der Waals surface area contributed by atoms with E-state index in [4.69, 9.17) is 4.74 Å². The molecule has 2 rings (SSSR count). The van der Waals surface area contributed by atoms with E-state index in [2.05, 4.69) is 5.32 Å². The van der Waals surface area contributed by atoms with Crippen molar-refractivity contribution < 1.29 is 14.5 Å². The molecule has 0 spiro atoms. The molecular formula is C16H16N2O4. The molecule has 0 fully saturated rings. The Morgan fingerprint density at radius 2 is 1.82 bits per heavy atom. The summed E-state index contributed by atoms with van der Waals surface area (Å²) in [5, 5.41) is 13.3. The number of carbonyl (C=O) groups is 1. The van der Waals surface area contributed by atoms with Crippen LogP contribution in [0, 0.1) is 24.0 Å². The predicted molar refractivity (Wildman–Crippen MR) is 83.1 cm³/mol. The maximum Gasteiger partial charge on any atom is 0.269 e. The van der Waals surface area contributed by atoms with E-state index in [0.29, 0.717) is 11.4 Å². The van der Waals surface area contributed by atoms with E-state index in [9.17, 15) is 14.9 Å². The van der Waals surface area contributed by atoms with Gasteiger partial charge in [0.05, 0.1) is 4.92 Å². The zero-order valence-electron chi connectivity index (χ0n) is 12.3. The summed E-state index contributed by atoms with van der Waals surface area (Å²) in [7, 11) is 0. The lowest BCUT2D eigenvalue weighted by Gasteiger charge is -2.09. The number of nitro benzene ring substituents is 1. The first-order valence-electron chi connectivity index (χ1n) is 6.70. The molecule has 0 aliphatic rings. The summed E-state index contributed by atoms with van der Waals surface area (Å²) in [5.41, 5.74) is 2.93. The molecule has 2 aromatic rings. The fourth-order valence-electron chi connectivity index (χ4n) is 1.83. The van der Waals surface area contributed by atoms with Gasteiger partial charge in [-0.05, 0) is 49.2 Å². The average Bonchev–Trinajstić information content (AvgIpc) is 2.49. The van der Waals surface area contributed by atoms with Crippen molar-refractivity contribution in [3.05, 3.63) is 63.7 Å². The second kappa shape index (κ2) is 6.71. The number of anilines is 1. The van der Waals surface area contributed by atoms with Gasteiger partial charge >= 0.3 is 0 Å². The minimum Gasteiger partial charge on any atom is -0.484 e. The van der Waals surface area contributed by atoms with E-state index >= 15 is 0 Å². The largest absolute Gasteiger partial charge is 0.484 e. The van der Waals surface area contributed by atoms with Crippen molar-refractivity contribution in [1.82, 2.24) is 0 Å². The average molecular weight is 300 g/mol. The molecule has 0 saturated carbocycles. The molecule has 0 radical (unpaired) electrons. The summed E-state index contributed by atoms with van der Waals surface area (Å²) in [6, 6.07) is 11.2. The predicted octanol–water partition coefficient (Wildman–Crippen LogP) is 3.23. The normalized spacial score (nSPS) is 10.1. The van der Waals surface area contributed by atoms with Gasteiger partial charge in [-0.1, -0.05) is 6.07 Å². The Labute approximate surface area is 127 Å². The standard InChI is InChI=1S/C16H16N2O4/c1-11-3-4-13(9-12(11)2)17-16(19)10-22-15-7-5-14(6-8-15)18(20)21/h3-9H,10H2,1-2H3,(H,17,19). The number of amides is 1. The lowest BCUT2D eigenvalue weighted by molar-refractivity contribution is -0.384. The van der Waals surface area contributed by atoms with E-state index in [1.54, 1.807) is 0 Å². The third-order valence-corrected chi connectivity index (χ3v) is 3.21. The minimum absolute atomic E-state index is 0.0214. The van der Waals surface area contributed by atoms with Crippen LogP contribution in [0.25, 0.3) is 0 Å². The highest BCUT2D eigenvalue weighted by Crippen LogP contribution is 2.17. The second-order valence-electron chi connectivity index (χ2n) is 4.89. The number of ether oxygens (including phenoxy) is 1. The molecule has 0 aromatic heterocycles. The highest BCUT2D eigenvalue weighted by Gasteiger charge is 2.07.